The van der Waals surface area contributed by atoms with Gasteiger partial charge in [-0.2, -0.15) is 5.10 Å². The van der Waals surface area contributed by atoms with Crippen LogP contribution in [0.15, 0.2) is 30.3 Å². The highest BCUT2D eigenvalue weighted by Gasteiger charge is 2.24. The lowest BCUT2D eigenvalue weighted by Gasteiger charge is -2.19. The molecule has 0 atom stereocenters. The van der Waals surface area contributed by atoms with E-state index in [1.165, 1.54) is 4.68 Å². The van der Waals surface area contributed by atoms with E-state index in [0.29, 0.717) is 5.69 Å². The van der Waals surface area contributed by atoms with Gasteiger partial charge in [0, 0.05) is 0 Å². The van der Waals surface area contributed by atoms with Crippen LogP contribution in [0.2, 0.25) is 5.15 Å². The van der Waals surface area contributed by atoms with E-state index in [1.54, 1.807) is 27.7 Å². The number of rotatable bonds is 4. The number of benzene rings is 1. The van der Waals surface area contributed by atoms with E-state index in [-0.39, 0.29) is 10.7 Å². The number of carbonyl (C=O) groups is 2. The third-order valence-electron chi connectivity index (χ3n) is 2.95. The maximum atomic E-state index is 12.2. The summed E-state index contributed by atoms with van der Waals surface area (Å²) in [7, 11) is 0. The molecule has 0 N–H and O–H groups in total. The molecule has 1 aromatic heterocycles. The summed E-state index contributed by atoms with van der Waals surface area (Å²) in [6, 6.07) is 9.17. The molecule has 0 saturated heterocycles. The van der Waals surface area contributed by atoms with Gasteiger partial charge in [-0.1, -0.05) is 29.8 Å². The lowest BCUT2D eigenvalue weighted by molar-refractivity contribution is -0.158. The topological polar surface area (TPSA) is 70.4 Å². The Morgan fingerprint density at radius 3 is 2.42 bits per heavy atom. The number of para-hydroxylation sites is 1. The molecule has 0 aliphatic heterocycles. The van der Waals surface area contributed by atoms with Crippen molar-refractivity contribution in [2.75, 3.05) is 6.61 Å². The van der Waals surface area contributed by atoms with Gasteiger partial charge in [-0.25, -0.2) is 14.3 Å². The van der Waals surface area contributed by atoms with Crippen molar-refractivity contribution in [1.29, 1.82) is 0 Å². The highest BCUT2D eigenvalue weighted by atomic mass is 35.5. The Hall–Kier alpha value is -2.34. The van der Waals surface area contributed by atoms with Crippen LogP contribution in [0.5, 0.6) is 0 Å². The van der Waals surface area contributed by atoms with Crippen molar-refractivity contribution < 1.29 is 19.1 Å². The van der Waals surface area contributed by atoms with Gasteiger partial charge in [0.25, 0.3) is 0 Å². The number of halogens is 1. The maximum absolute atomic E-state index is 12.2. The van der Waals surface area contributed by atoms with E-state index < -0.39 is 24.1 Å². The predicted molar refractivity (Wildman–Crippen MR) is 89.4 cm³/mol. The minimum Gasteiger partial charge on any atom is -0.457 e. The molecule has 1 aromatic carbocycles. The smallest absolute Gasteiger partial charge is 0.344 e. The van der Waals surface area contributed by atoms with Crippen LogP contribution < -0.4 is 0 Å². The quantitative estimate of drug-likeness (QED) is 0.791. The van der Waals surface area contributed by atoms with Gasteiger partial charge in [0.05, 0.1) is 11.4 Å². The Labute approximate surface area is 145 Å². The zero-order valence-corrected chi connectivity index (χ0v) is 14.8. The van der Waals surface area contributed by atoms with Crippen LogP contribution in [-0.4, -0.2) is 33.9 Å². The molecule has 24 heavy (non-hydrogen) atoms. The number of aromatic nitrogens is 2. The van der Waals surface area contributed by atoms with E-state index in [2.05, 4.69) is 5.10 Å². The van der Waals surface area contributed by atoms with Crippen LogP contribution >= 0.6 is 11.6 Å². The molecule has 0 unspecified atom stereocenters. The fourth-order valence-corrected chi connectivity index (χ4v) is 2.39. The summed E-state index contributed by atoms with van der Waals surface area (Å²) in [4.78, 5) is 23.9. The Morgan fingerprint density at radius 1 is 1.21 bits per heavy atom. The molecule has 0 spiro atoms. The zero-order valence-electron chi connectivity index (χ0n) is 14.0. The first-order chi connectivity index (χ1) is 11.2. The summed E-state index contributed by atoms with van der Waals surface area (Å²) in [5, 5.41) is 4.39. The number of hydrogen-bond donors (Lipinski definition) is 0. The molecular weight excluding hydrogens is 332 g/mol. The average molecular weight is 351 g/mol. The van der Waals surface area contributed by atoms with Crippen molar-refractivity contribution >= 4 is 23.5 Å². The number of hydrogen-bond acceptors (Lipinski definition) is 5. The first-order valence-electron chi connectivity index (χ1n) is 7.38. The summed E-state index contributed by atoms with van der Waals surface area (Å²) >= 11 is 6.26. The highest BCUT2D eigenvalue weighted by molar-refractivity contribution is 6.33. The highest BCUT2D eigenvalue weighted by Crippen LogP contribution is 2.24. The third kappa shape index (κ3) is 4.35. The Bertz CT molecular complexity index is 748. The van der Waals surface area contributed by atoms with E-state index in [9.17, 15) is 9.59 Å². The minimum absolute atomic E-state index is 0.129. The van der Waals surface area contributed by atoms with Crippen LogP contribution in [0.4, 0.5) is 0 Å². The predicted octanol–water partition coefficient (Wildman–Crippen LogP) is 3.33. The first-order valence-corrected chi connectivity index (χ1v) is 7.76. The van der Waals surface area contributed by atoms with Crippen molar-refractivity contribution in [3.05, 3.63) is 46.7 Å². The average Bonchev–Trinajstić information content (AvgIpc) is 2.79. The van der Waals surface area contributed by atoms with Gasteiger partial charge in [0.1, 0.15) is 16.3 Å². The Kier molecular flexibility index (Phi) is 5.29. The monoisotopic (exact) mass is 350 g/mol. The number of esters is 2. The molecule has 0 saturated carbocycles. The molecule has 0 aliphatic rings. The number of carbonyl (C=O) groups excluding carboxylic acids is 2. The summed E-state index contributed by atoms with van der Waals surface area (Å²) in [5.41, 5.74) is 0.619. The van der Waals surface area contributed by atoms with Gasteiger partial charge in [-0.3, -0.25) is 0 Å². The fourth-order valence-electron chi connectivity index (χ4n) is 2.04. The second-order valence-corrected chi connectivity index (χ2v) is 6.52. The van der Waals surface area contributed by atoms with E-state index in [4.69, 9.17) is 21.1 Å². The molecule has 6 nitrogen and oxygen atoms in total. The lowest BCUT2D eigenvalue weighted by atomic mass is 10.2. The van der Waals surface area contributed by atoms with E-state index >= 15 is 0 Å². The maximum Gasteiger partial charge on any atom is 0.344 e. The number of nitrogens with zero attached hydrogens (tertiary/aromatic N) is 2. The summed E-state index contributed by atoms with van der Waals surface area (Å²) in [6.45, 7) is 6.37. The summed E-state index contributed by atoms with van der Waals surface area (Å²) < 4.78 is 11.5. The summed E-state index contributed by atoms with van der Waals surface area (Å²) in [5.74, 6) is -1.34. The van der Waals surface area contributed by atoms with Gasteiger partial charge in [0.2, 0.25) is 0 Å². The second-order valence-electron chi connectivity index (χ2n) is 6.16. The van der Waals surface area contributed by atoms with Crippen LogP contribution in [-0.2, 0) is 14.3 Å². The molecule has 2 rings (SSSR count). The number of aryl methyl sites for hydroxylation is 1. The van der Waals surface area contributed by atoms with Gasteiger partial charge >= 0.3 is 11.9 Å². The summed E-state index contributed by atoms with van der Waals surface area (Å²) in [6.07, 6.45) is 0. The van der Waals surface area contributed by atoms with Gasteiger partial charge < -0.3 is 9.47 Å². The van der Waals surface area contributed by atoms with Gasteiger partial charge in [-0.15, -0.1) is 0 Å². The molecule has 0 bridgehead atoms. The van der Waals surface area contributed by atoms with Gasteiger partial charge in [-0.05, 0) is 39.8 Å². The molecule has 0 fully saturated rings. The molecule has 0 radical (unpaired) electrons. The fraction of sp³-hybridized carbons (Fsp3) is 0.353. The van der Waals surface area contributed by atoms with Gasteiger partial charge in [0.15, 0.2) is 6.61 Å². The molecular formula is C17H19ClN2O4. The van der Waals surface area contributed by atoms with Crippen LogP contribution in [0.1, 0.15) is 36.8 Å². The number of ether oxygens (including phenoxy) is 2. The van der Waals surface area contributed by atoms with Crippen LogP contribution in [0.25, 0.3) is 5.69 Å². The molecule has 0 aliphatic carbocycles. The van der Waals surface area contributed by atoms with E-state index in [0.717, 1.165) is 5.69 Å². The standard InChI is InChI=1S/C17H19ClN2O4/c1-11-14(16(22)23-10-13(21)24-17(2,3)4)15(18)20(19-11)12-8-6-5-7-9-12/h5-9H,10H2,1-4H3. The second kappa shape index (κ2) is 7.05. The zero-order chi connectivity index (χ0) is 17.9. The van der Waals surface area contributed by atoms with Crippen LogP contribution in [0.3, 0.4) is 0 Å². The Balaban J connectivity index is 2.13. The SMILES string of the molecule is Cc1nn(-c2ccccc2)c(Cl)c1C(=O)OCC(=O)OC(C)(C)C. The normalized spacial score (nSPS) is 11.2. The van der Waals surface area contributed by atoms with Crippen molar-refractivity contribution in [3.63, 3.8) is 0 Å². The minimum atomic E-state index is -0.717. The molecule has 7 heteroatoms. The van der Waals surface area contributed by atoms with Crippen LogP contribution in [0, 0.1) is 6.92 Å². The van der Waals surface area contributed by atoms with E-state index in [1.807, 2.05) is 30.3 Å². The van der Waals surface area contributed by atoms with Crippen molar-refractivity contribution in [3.8, 4) is 5.69 Å². The molecule has 0 amide bonds. The lowest BCUT2D eigenvalue weighted by Crippen LogP contribution is -2.27. The molecule has 1 heterocycles. The third-order valence-corrected chi connectivity index (χ3v) is 3.30. The van der Waals surface area contributed by atoms with Crippen molar-refractivity contribution in [2.45, 2.75) is 33.3 Å². The van der Waals surface area contributed by atoms with Crippen molar-refractivity contribution in [2.24, 2.45) is 0 Å². The van der Waals surface area contributed by atoms with Crippen molar-refractivity contribution in [1.82, 2.24) is 9.78 Å². The molecule has 128 valence electrons. The Morgan fingerprint density at radius 2 is 1.83 bits per heavy atom. The first kappa shape index (κ1) is 18.0. The molecule has 2 aromatic rings. The largest absolute Gasteiger partial charge is 0.457 e.